The van der Waals surface area contributed by atoms with Crippen LogP contribution in [0.4, 0.5) is 11.9 Å². The fourth-order valence-electron chi connectivity index (χ4n) is 2.14. The van der Waals surface area contributed by atoms with Gasteiger partial charge in [0, 0.05) is 24.0 Å². The molecule has 6 heteroatoms. The van der Waals surface area contributed by atoms with Crippen molar-refractivity contribution in [1.82, 2.24) is 15.0 Å². The second-order valence-electron chi connectivity index (χ2n) is 4.38. The Balaban J connectivity index is 1.95. The Morgan fingerprint density at radius 2 is 1.94 bits per heavy atom. The van der Waals surface area contributed by atoms with Gasteiger partial charge in [0.2, 0.25) is 11.9 Å². The number of thiophene rings is 1. The molecule has 2 N–H and O–H groups in total. The molecule has 0 atom stereocenters. The first kappa shape index (κ1) is 11.4. The maximum Gasteiger partial charge on any atom is 0.230 e. The molecule has 0 radical (unpaired) electrons. The van der Waals surface area contributed by atoms with Crippen LogP contribution < -0.4 is 10.6 Å². The van der Waals surface area contributed by atoms with Gasteiger partial charge in [0.05, 0.1) is 0 Å². The molecular weight excluding hydrogens is 246 g/mol. The predicted molar refractivity (Wildman–Crippen MR) is 73.6 cm³/mol. The van der Waals surface area contributed by atoms with Crippen LogP contribution in [0.1, 0.15) is 19.3 Å². The summed E-state index contributed by atoms with van der Waals surface area (Å²) in [6.07, 6.45) is 3.67. The van der Waals surface area contributed by atoms with Crippen LogP contribution in [0.3, 0.4) is 0 Å². The molecule has 5 nitrogen and oxygen atoms in total. The third-order valence-corrected chi connectivity index (χ3v) is 3.74. The number of nitrogens with two attached hydrogens (primary N) is 1. The molecule has 0 amide bonds. The molecule has 0 spiro atoms. The van der Waals surface area contributed by atoms with Gasteiger partial charge in [-0.2, -0.15) is 26.3 Å². The van der Waals surface area contributed by atoms with Crippen LogP contribution in [0.25, 0.3) is 11.4 Å². The van der Waals surface area contributed by atoms with Gasteiger partial charge < -0.3 is 10.6 Å². The zero-order valence-electron chi connectivity index (χ0n) is 10.0. The summed E-state index contributed by atoms with van der Waals surface area (Å²) in [7, 11) is 0. The minimum absolute atomic E-state index is 0.298. The van der Waals surface area contributed by atoms with Gasteiger partial charge in [0.1, 0.15) is 0 Å². The number of rotatable bonds is 2. The topological polar surface area (TPSA) is 67.9 Å². The van der Waals surface area contributed by atoms with E-state index in [0.29, 0.717) is 17.7 Å². The van der Waals surface area contributed by atoms with Crippen molar-refractivity contribution in [2.24, 2.45) is 0 Å². The SMILES string of the molecule is Nc1nc(-c2ccsc2)nc(N2CCCCC2)n1. The quantitative estimate of drug-likeness (QED) is 0.897. The Morgan fingerprint density at radius 3 is 2.67 bits per heavy atom. The molecule has 1 aliphatic heterocycles. The molecular formula is C12H15N5S. The van der Waals surface area contributed by atoms with E-state index in [9.17, 15) is 0 Å². The van der Waals surface area contributed by atoms with E-state index < -0.39 is 0 Å². The summed E-state index contributed by atoms with van der Waals surface area (Å²) < 4.78 is 0. The van der Waals surface area contributed by atoms with E-state index in [1.54, 1.807) is 11.3 Å². The summed E-state index contributed by atoms with van der Waals surface area (Å²) >= 11 is 1.63. The first-order chi connectivity index (χ1) is 8.83. The Labute approximate surface area is 110 Å². The fraction of sp³-hybridized carbons (Fsp3) is 0.417. The molecule has 3 rings (SSSR count). The Bertz CT molecular complexity index is 519. The number of hydrogen-bond acceptors (Lipinski definition) is 6. The van der Waals surface area contributed by atoms with Crippen molar-refractivity contribution < 1.29 is 0 Å². The zero-order chi connectivity index (χ0) is 12.4. The maximum absolute atomic E-state index is 5.79. The largest absolute Gasteiger partial charge is 0.368 e. The first-order valence-corrected chi connectivity index (χ1v) is 7.06. The molecule has 0 aromatic carbocycles. The molecule has 0 saturated carbocycles. The van der Waals surface area contributed by atoms with Gasteiger partial charge in [-0.25, -0.2) is 0 Å². The van der Waals surface area contributed by atoms with Crippen molar-refractivity contribution in [3.8, 4) is 11.4 Å². The van der Waals surface area contributed by atoms with E-state index in [4.69, 9.17) is 5.73 Å². The van der Waals surface area contributed by atoms with Crippen molar-refractivity contribution in [1.29, 1.82) is 0 Å². The second-order valence-corrected chi connectivity index (χ2v) is 5.16. The van der Waals surface area contributed by atoms with Gasteiger partial charge >= 0.3 is 0 Å². The maximum atomic E-state index is 5.79. The highest BCUT2D eigenvalue weighted by Crippen LogP contribution is 2.22. The number of piperidine rings is 1. The number of anilines is 2. The standard InChI is InChI=1S/C12H15N5S/c13-11-14-10(9-4-7-18-8-9)15-12(16-11)17-5-2-1-3-6-17/h4,7-8H,1-3,5-6H2,(H2,13,14,15,16). The van der Waals surface area contributed by atoms with Crippen LogP contribution in [0.5, 0.6) is 0 Å². The molecule has 1 saturated heterocycles. The van der Waals surface area contributed by atoms with Gasteiger partial charge in [-0.1, -0.05) is 0 Å². The van der Waals surface area contributed by atoms with Crippen LogP contribution in [0, 0.1) is 0 Å². The van der Waals surface area contributed by atoms with Gasteiger partial charge in [0.25, 0.3) is 0 Å². The Hall–Kier alpha value is -1.69. The summed E-state index contributed by atoms with van der Waals surface area (Å²) in [6.45, 7) is 2.01. The highest BCUT2D eigenvalue weighted by Gasteiger charge is 2.16. The summed E-state index contributed by atoms with van der Waals surface area (Å²) in [4.78, 5) is 15.2. The lowest BCUT2D eigenvalue weighted by Crippen LogP contribution is -2.31. The third kappa shape index (κ3) is 2.28. The van der Waals surface area contributed by atoms with Gasteiger partial charge in [-0.15, -0.1) is 0 Å². The minimum atomic E-state index is 0.298. The van der Waals surface area contributed by atoms with E-state index >= 15 is 0 Å². The monoisotopic (exact) mass is 261 g/mol. The molecule has 2 aromatic rings. The van der Waals surface area contributed by atoms with Crippen LogP contribution in [0.2, 0.25) is 0 Å². The van der Waals surface area contributed by atoms with Crippen LogP contribution >= 0.6 is 11.3 Å². The van der Waals surface area contributed by atoms with E-state index in [0.717, 1.165) is 18.7 Å². The third-order valence-electron chi connectivity index (χ3n) is 3.06. The summed E-state index contributed by atoms with van der Waals surface area (Å²) in [6, 6.07) is 2.00. The molecule has 2 aromatic heterocycles. The molecule has 94 valence electrons. The Kier molecular flexibility index (Phi) is 3.10. The summed E-state index contributed by atoms with van der Waals surface area (Å²) in [5, 5.41) is 4.03. The summed E-state index contributed by atoms with van der Waals surface area (Å²) in [5.41, 5.74) is 6.79. The minimum Gasteiger partial charge on any atom is -0.368 e. The smallest absolute Gasteiger partial charge is 0.230 e. The molecule has 18 heavy (non-hydrogen) atoms. The lowest BCUT2D eigenvalue weighted by molar-refractivity contribution is 0.568. The number of nitrogens with zero attached hydrogens (tertiary/aromatic N) is 4. The van der Waals surface area contributed by atoms with E-state index in [-0.39, 0.29) is 0 Å². The van der Waals surface area contributed by atoms with Gasteiger partial charge in [0.15, 0.2) is 5.82 Å². The van der Waals surface area contributed by atoms with Gasteiger partial charge in [-0.3, -0.25) is 0 Å². The average molecular weight is 261 g/mol. The van der Waals surface area contributed by atoms with Gasteiger partial charge in [-0.05, 0) is 30.7 Å². The molecule has 3 heterocycles. The highest BCUT2D eigenvalue weighted by molar-refractivity contribution is 7.08. The lowest BCUT2D eigenvalue weighted by Gasteiger charge is -2.26. The average Bonchev–Trinajstić information content (AvgIpc) is 2.93. The predicted octanol–water partition coefficient (Wildman–Crippen LogP) is 2.17. The van der Waals surface area contributed by atoms with E-state index in [1.165, 1.54) is 19.3 Å². The zero-order valence-corrected chi connectivity index (χ0v) is 10.9. The molecule has 1 aliphatic rings. The van der Waals surface area contributed by atoms with Crippen molar-refractivity contribution in [2.75, 3.05) is 23.7 Å². The first-order valence-electron chi connectivity index (χ1n) is 6.12. The second kappa shape index (κ2) is 4.89. The molecule has 0 aliphatic carbocycles. The van der Waals surface area contributed by atoms with Crippen molar-refractivity contribution in [3.05, 3.63) is 16.8 Å². The van der Waals surface area contributed by atoms with Crippen LogP contribution in [-0.2, 0) is 0 Å². The number of aromatic nitrogens is 3. The normalized spacial score (nSPS) is 15.9. The summed E-state index contributed by atoms with van der Waals surface area (Å²) in [5.74, 6) is 1.68. The Morgan fingerprint density at radius 1 is 1.11 bits per heavy atom. The van der Waals surface area contributed by atoms with Crippen LogP contribution in [-0.4, -0.2) is 28.0 Å². The number of hydrogen-bond donors (Lipinski definition) is 1. The molecule has 1 fully saturated rings. The lowest BCUT2D eigenvalue weighted by atomic mass is 10.1. The van der Waals surface area contributed by atoms with E-state index in [1.807, 2.05) is 16.8 Å². The molecule has 0 bridgehead atoms. The van der Waals surface area contributed by atoms with Crippen molar-refractivity contribution in [2.45, 2.75) is 19.3 Å². The van der Waals surface area contributed by atoms with Crippen molar-refractivity contribution >= 4 is 23.2 Å². The highest BCUT2D eigenvalue weighted by atomic mass is 32.1. The van der Waals surface area contributed by atoms with E-state index in [2.05, 4.69) is 19.9 Å². The number of nitrogen functional groups attached to an aromatic ring is 1. The van der Waals surface area contributed by atoms with Crippen LogP contribution in [0.15, 0.2) is 16.8 Å². The fourth-order valence-corrected chi connectivity index (χ4v) is 2.77. The molecule has 0 unspecified atom stereocenters. The van der Waals surface area contributed by atoms with Crippen molar-refractivity contribution in [3.63, 3.8) is 0 Å².